The zero-order valence-electron chi connectivity index (χ0n) is 16.0. The van der Waals surface area contributed by atoms with E-state index in [2.05, 4.69) is 10.3 Å². The number of nitro groups is 1. The number of hydrogen-bond donors (Lipinski definition) is 1. The van der Waals surface area contributed by atoms with Gasteiger partial charge in [-0.1, -0.05) is 18.2 Å². The van der Waals surface area contributed by atoms with Crippen molar-refractivity contribution in [3.05, 3.63) is 64.0 Å². The Morgan fingerprint density at radius 3 is 2.58 bits per heavy atom. The Bertz CT molecular complexity index is 1170. The number of carbonyl (C=O) groups is 2. The van der Waals surface area contributed by atoms with E-state index in [0.29, 0.717) is 4.57 Å². The number of alkyl halides is 3. The van der Waals surface area contributed by atoms with Crippen LogP contribution >= 0.6 is 0 Å². The lowest BCUT2D eigenvalue weighted by Gasteiger charge is -2.12. The Morgan fingerprint density at radius 1 is 1.19 bits per heavy atom. The molecule has 0 aliphatic carbocycles. The van der Waals surface area contributed by atoms with E-state index < -0.39 is 42.0 Å². The summed E-state index contributed by atoms with van der Waals surface area (Å²) in [7, 11) is 0. The number of rotatable bonds is 6. The molecular weight excluding hydrogens is 421 g/mol. The summed E-state index contributed by atoms with van der Waals surface area (Å²) in [5.41, 5.74) is 0.286. The number of imidazole rings is 1. The number of aromatic nitrogens is 2. The molecule has 1 aromatic heterocycles. The Labute approximate surface area is 172 Å². The Kier molecular flexibility index (Phi) is 5.90. The number of nitro benzene ring substituents is 1. The number of carbonyl (C=O) groups excluding carboxylic acids is 2. The zero-order valence-corrected chi connectivity index (χ0v) is 16.0. The molecule has 31 heavy (non-hydrogen) atoms. The van der Waals surface area contributed by atoms with E-state index in [-0.39, 0.29) is 28.0 Å². The standard InChI is InChI=1S/C19H15F3N4O5/c1-11-12(6-4-8-14(11)26(29)30)23-16(27)10-31-17(28)9-25-15-7-3-2-5-13(15)24-18(25)19(20,21)22/h2-8H,9-10H2,1H3,(H,23,27). The maximum absolute atomic E-state index is 13.3. The van der Waals surface area contributed by atoms with Gasteiger partial charge in [-0.3, -0.25) is 19.7 Å². The van der Waals surface area contributed by atoms with Gasteiger partial charge in [0, 0.05) is 6.07 Å². The minimum absolute atomic E-state index is 0.0570. The Morgan fingerprint density at radius 2 is 1.90 bits per heavy atom. The number of anilines is 1. The fraction of sp³-hybridized carbons (Fsp3) is 0.211. The van der Waals surface area contributed by atoms with Gasteiger partial charge in [0.15, 0.2) is 6.61 Å². The molecule has 0 saturated heterocycles. The van der Waals surface area contributed by atoms with E-state index in [4.69, 9.17) is 4.74 Å². The molecule has 1 heterocycles. The molecule has 0 aliphatic heterocycles. The van der Waals surface area contributed by atoms with Crippen molar-refractivity contribution in [1.29, 1.82) is 0 Å². The summed E-state index contributed by atoms with van der Waals surface area (Å²) in [4.78, 5) is 38.0. The molecule has 1 amide bonds. The lowest BCUT2D eigenvalue weighted by molar-refractivity contribution is -0.385. The van der Waals surface area contributed by atoms with Crippen LogP contribution in [0.2, 0.25) is 0 Å². The molecule has 1 N–H and O–H groups in total. The Balaban J connectivity index is 1.68. The van der Waals surface area contributed by atoms with Gasteiger partial charge in [-0.05, 0) is 25.1 Å². The molecule has 9 nitrogen and oxygen atoms in total. The van der Waals surface area contributed by atoms with E-state index in [1.54, 1.807) is 0 Å². The summed E-state index contributed by atoms with van der Waals surface area (Å²) < 4.78 is 45.3. The number of fused-ring (bicyclic) bond motifs is 1. The monoisotopic (exact) mass is 436 g/mol. The summed E-state index contributed by atoms with van der Waals surface area (Å²) in [6.45, 7) is -0.157. The summed E-state index contributed by atoms with van der Waals surface area (Å²) >= 11 is 0. The first-order chi connectivity index (χ1) is 14.6. The second-order valence-electron chi connectivity index (χ2n) is 6.42. The largest absolute Gasteiger partial charge is 0.454 e. The van der Waals surface area contributed by atoms with E-state index >= 15 is 0 Å². The first kappa shape index (κ1) is 21.7. The number of ether oxygens (including phenoxy) is 1. The molecule has 0 bridgehead atoms. The van der Waals surface area contributed by atoms with Crippen molar-refractivity contribution in [2.75, 3.05) is 11.9 Å². The van der Waals surface area contributed by atoms with Crippen molar-refractivity contribution < 1.29 is 32.4 Å². The molecule has 12 heteroatoms. The lowest BCUT2D eigenvalue weighted by atomic mass is 10.1. The highest BCUT2D eigenvalue weighted by Gasteiger charge is 2.38. The molecule has 162 valence electrons. The zero-order chi connectivity index (χ0) is 22.8. The second kappa shape index (κ2) is 8.42. The minimum atomic E-state index is -4.80. The predicted molar refractivity (Wildman–Crippen MR) is 102 cm³/mol. The van der Waals surface area contributed by atoms with Gasteiger partial charge in [0.1, 0.15) is 6.54 Å². The minimum Gasteiger partial charge on any atom is -0.454 e. The van der Waals surface area contributed by atoms with E-state index in [1.165, 1.54) is 49.4 Å². The normalized spacial score (nSPS) is 11.4. The van der Waals surface area contributed by atoms with E-state index in [1.807, 2.05) is 0 Å². The molecule has 0 atom stereocenters. The molecule has 0 fully saturated rings. The number of esters is 1. The third-order valence-electron chi connectivity index (χ3n) is 4.34. The van der Waals surface area contributed by atoms with Gasteiger partial charge < -0.3 is 14.6 Å². The van der Waals surface area contributed by atoms with Crippen LogP contribution in [0.25, 0.3) is 11.0 Å². The van der Waals surface area contributed by atoms with Gasteiger partial charge in [0.05, 0.1) is 27.2 Å². The quantitative estimate of drug-likeness (QED) is 0.359. The third-order valence-corrected chi connectivity index (χ3v) is 4.34. The molecule has 0 aliphatic rings. The van der Waals surface area contributed by atoms with Gasteiger partial charge in [-0.25, -0.2) is 4.98 Å². The summed E-state index contributed by atoms with van der Waals surface area (Å²) in [5, 5.41) is 13.3. The van der Waals surface area contributed by atoms with Crippen molar-refractivity contribution in [1.82, 2.24) is 9.55 Å². The molecule has 3 rings (SSSR count). The fourth-order valence-electron chi connectivity index (χ4n) is 2.92. The van der Waals surface area contributed by atoms with Crippen molar-refractivity contribution >= 4 is 34.3 Å². The summed E-state index contributed by atoms with van der Waals surface area (Å²) in [6.07, 6.45) is -4.80. The number of halogens is 3. The first-order valence-corrected chi connectivity index (χ1v) is 8.80. The summed E-state index contributed by atoms with van der Waals surface area (Å²) in [5.74, 6) is -3.15. The maximum Gasteiger partial charge on any atom is 0.449 e. The van der Waals surface area contributed by atoms with Crippen LogP contribution in [0.5, 0.6) is 0 Å². The maximum atomic E-state index is 13.3. The number of hydrogen-bond acceptors (Lipinski definition) is 6. The highest BCUT2D eigenvalue weighted by Crippen LogP contribution is 2.31. The molecule has 0 unspecified atom stereocenters. The van der Waals surface area contributed by atoms with Crippen molar-refractivity contribution in [2.24, 2.45) is 0 Å². The predicted octanol–water partition coefficient (Wildman–Crippen LogP) is 3.45. The molecule has 3 aromatic rings. The molecule has 0 spiro atoms. The molecule has 0 saturated carbocycles. The van der Waals surface area contributed by atoms with E-state index in [0.717, 1.165) is 0 Å². The van der Waals surface area contributed by atoms with Gasteiger partial charge in [0.2, 0.25) is 5.82 Å². The average Bonchev–Trinajstić information content (AvgIpc) is 3.07. The van der Waals surface area contributed by atoms with Crippen LogP contribution in [0.4, 0.5) is 24.5 Å². The number of nitrogens with zero attached hydrogens (tertiary/aromatic N) is 3. The average molecular weight is 436 g/mol. The van der Waals surface area contributed by atoms with Crippen LogP contribution < -0.4 is 5.32 Å². The highest BCUT2D eigenvalue weighted by atomic mass is 19.4. The van der Waals surface area contributed by atoms with Crippen LogP contribution in [0.15, 0.2) is 42.5 Å². The lowest BCUT2D eigenvalue weighted by Crippen LogP contribution is -2.25. The number of para-hydroxylation sites is 2. The van der Waals surface area contributed by atoms with Crippen LogP contribution in [0.3, 0.4) is 0 Å². The van der Waals surface area contributed by atoms with Crippen LogP contribution in [0, 0.1) is 17.0 Å². The second-order valence-corrected chi connectivity index (χ2v) is 6.42. The molecule has 0 radical (unpaired) electrons. The number of nitrogens with one attached hydrogen (secondary N) is 1. The first-order valence-electron chi connectivity index (χ1n) is 8.80. The summed E-state index contributed by atoms with van der Waals surface area (Å²) in [6, 6.07) is 9.83. The van der Waals surface area contributed by atoms with Crippen LogP contribution in [-0.4, -0.2) is 33.0 Å². The van der Waals surface area contributed by atoms with E-state index in [9.17, 15) is 32.9 Å². The highest BCUT2D eigenvalue weighted by molar-refractivity contribution is 5.94. The smallest absolute Gasteiger partial charge is 0.449 e. The van der Waals surface area contributed by atoms with Gasteiger partial charge >= 0.3 is 12.1 Å². The van der Waals surface area contributed by atoms with Gasteiger partial charge in [-0.2, -0.15) is 13.2 Å². The van der Waals surface area contributed by atoms with Gasteiger partial charge in [0.25, 0.3) is 11.6 Å². The van der Waals surface area contributed by atoms with Crippen LogP contribution in [0.1, 0.15) is 11.4 Å². The fourth-order valence-corrected chi connectivity index (χ4v) is 2.92. The Hall–Kier alpha value is -3.96. The molecular formula is C19H15F3N4O5. The van der Waals surface area contributed by atoms with Crippen molar-refractivity contribution in [3.63, 3.8) is 0 Å². The molecule has 2 aromatic carbocycles. The van der Waals surface area contributed by atoms with Crippen molar-refractivity contribution in [2.45, 2.75) is 19.6 Å². The van der Waals surface area contributed by atoms with Crippen LogP contribution in [-0.2, 0) is 27.0 Å². The number of benzene rings is 2. The van der Waals surface area contributed by atoms with Crippen molar-refractivity contribution in [3.8, 4) is 0 Å². The topological polar surface area (TPSA) is 116 Å². The number of amides is 1. The van der Waals surface area contributed by atoms with Gasteiger partial charge in [-0.15, -0.1) is 0 Å². The third kappa shape index (κ3) is 4.79. The SMILES string of the molecule is Cc1c(NC(=O)COC(=O)Cn2c(C(F)(F)F)nc3ccccc32)cccc1[N+](=O)[O-].